The highest BCUT2D eigenvalue weighted by atomic mass is 16.5. The fourth-order valence-electron chi connectivity index (χ4n) is 6.41. The predicted molar refractivity (Wildman–Crippen MR) is 142 cm³/mol. The SMILES string of the molecule is COc1cc2c(cc1OC)C1CC(=NCCN3CCC(n4c(=O)[nH]c5ccccc54)CC3)NC1CC2. The van der Waals surface area contributed by atoms with Crippen LogP contribution in [0.15, 0.2) is 46.2 Å². The quantitative estimate of drug-likeness (QED) is 0.554. The number of imidazole rings is 1. The molecule has 0 spiro atoms. The minimum Gasteiger partial charge on any atom is -0.493 e. The first-order valence-corrected chi connectivity index (χ1v) is 13.1. The molecule has 2 saturated heterocycles. The molecule has 0 radical (unpaired) electrons. The number of hydrogen-bond acceptors (Lipinski definition) is 5. The van der Waals surface area contributed by atoms with Gasteiger partial charge in [-0.25, -0.2) is 4.79 Å². The number of methoxy groups -OCH3 is 2. The number of likely N-dealkylation sites (tertiary alicyclic amines) is 1. The highest BCUT2D eigenvalue weighted by molar-refractivity contribution is 5.86. The summed E-state index contributed by atoms with van der Waals surface area (Å²) >= 11 is 0. The van der Waals surface area contributed by atoms with Crippen LogP contribution in [-0.4, -0.2) is 66.7 Å². The number of aryl methyl sites for hydroxylation is 1. The average molecular weight is 490 g/mol. The van der Waals surface area contributed by atoms with Crippen molar-refractivity contribution in [1.29, 1.82) is 0 Å². The minimum atomic E-state index is 0.00691. The van der Waals surface area contributed by atoms with Crippen LogP contribution in [0.1, 0.15) is 48.8 Å². The maximum Gasteiger partial charge on any atom is 0.326 e. The number of nitrogens with zero attached hydrogens (tertiary/aromatic N) is 3. The van der Waals surface area contributed by atoms with E-state index in [1.807, 2.05) is 28.8 Å². The third-order valence-electron chi connectivity index (χ3n) is 8.29. The Balaban J connectivity index is 1.05. The molecule has 2 aromatic carbocycles. The number of hydrogen-bond donors (Lipinski definition) is 2. The summed E-state index contributed by atoms with van der Waals surface area (Å²) in [6.45, 7) is 3.75. The van der Waals surface area contributed by atoms with Crippen molar-refractivity contribution in [3.8, 4) is 11.5 Å². The van der Waals surface area contributed by atoms with Crippen LogP contribution in [0.25, 0.3) is 11.0 Å². The first kappa shape index (κ1) is 23.2. The van der Waals surface area contributed by atoms with Crippen LogP contribution in [0.3, 0.4) is 0 Å². The van der Waals surface area contributed by atoms with Crippen LogP contribution in [0.2, 0.25) is 0 Å². The number of amidine groups is 1. The molecule has 6 rings (SSSR count). The minimum absolute atomic E-state index is 0.00691. The van der Waals surface area contributed by atoms with Crippen molar-refractivity contribution < 1.29 is 9.47 Å². The van der Waals surface area contributed by atoms with Crippen LogP contribution in [0.5, 0.6) is 11.5 Å². The molecular weight excluding hydrogens is 454 g/mol. The topological polar surface area (TPSA) is 83.9 Å². The molecular formula is C28H35N5O3. The second-order valence-electron chi connectivity index (χ2n) is 10.2. The summed E-state index contributed by atoms with van der Waals surface area (Å²) in [4.78, 5) is 23.0. The molecule has 190 valence electrons. The second-order valence-corrected chi connectivity index (χ2v) is 10.2. The highest BCUT2D eigenvalue weighted by Crippen LogP contribution is 2.42. The number of nitrogens with one attached hydrogen (secondary N) is 2. The van der Waals surface area contributed by atoms with E-state index in [1.54, 1.807) is 14.2 Å². The van der Waals surface area contributed by atoms with E-state index >= 15 is 0 Å². The van der Waals surface area contributed by atoms with Gasteiger partial charge in [-0.05, 0) is 61.1 Å². The van der Waals surface area contributed by atoms with E-state index < -0.39 is 0 Å². The number of aromatic amines is 1. The monoisotopic (exact) mass is 489 g/mol. The second kappa shape index (κ2) is 9.65. The molecule has 3 aliphatic rings. The number of benzene rings is 2. The molecule has 0 saturated carbocycles. The molecule has 2 unspecified atom stereocenters. The third kappa shape index (κ3) is 4.17. The molecule has 1 aromatic heterocycles. The number of aromatic nitrogens is 2. The van der Waals surface area contributed by atoms with Crippen molar-refractivity contribution in [3.05, 3.63) is 58.0 Å². The van der Waals surface area contributed by atoms with Gasteiger partial charge in [-0.1, -0.05) is 12.1 Å². The van der Waals surface area contributed by atoms with Gasteiger partial charge in [-0.15, -0.1) is 0 Å². The largest absolute Gasteiger partial charge is 0.493 e. The van der Waals surface area contributed by atoms with Crippen molar-refractivity contribution in [2.45, 2.75) is 50.1 Å². The summed E-state index contributed by atoms with van der Waals surface area (Å²) in [5, 5.41) is 3.70. The van der Waals surface area contributed by atoms with Gasteiger partial charge in [0, 0.05) is 44.1 Å². The van der Waals surface area contributed by atoms with Gasteiger partial charge in [0.05, 0.1) is 37.6 Å². The summed E-state index contributed by atoms with van der Waals surface area (Å²) in [6.07, 6.45) is 5.10. The van der Waals surface area contributed by atoms with E-state index in [1.165, 1.54) is 11.1 Å². The van der Waals surface area contributed by atoms with Gasteiger partial charge in [0.15, 0.2) is 11.5 Å². The van der Waals surface area contributed by atoms with Gasteiger partial charge >= 0.3 is 5.69 Å². The van der Waals surface area contributed by atoms with Crippen LogP contribution in [-0.2, 0) is 6.42 Å². The third-order valence-corrected chi connectivity index (χ3v) is 8.29. The Bertz CT molecular complexity index is 1330. The van der Waals surface area contributed by atoms with E-state index in [0.717, 1.165) is 86.7 Å². The van der Waals surface area contributed by atoms with Gasteiger partial charge in [0.25, 0.3) is 0 Å². The Morgan fingerprint density at radius 1 is 1.06 bits per heavy atom. The zero-order chi connectivity index (χ0) is 24.6. The Morgan fingerprint density at radius 2 is 1.83 bits per heavy atom. The number of aliphatic imine (C=N–C) groups is 1. The number of fused-ring (bicyclic) bond motifs is 4. The lowest BCUT2D eigenvalue weighted by Gasteiger charge is -2.32. The van der Waals surface area contributed by atoms with Crippen molar-refractivity contribution in [2.24, 2.45) is 4.99 Å². The summed E-state index contributed by atoms with van der Waals surface area (Å²) in [6, 6.07) is 13.0. The summed E-state index contributed by atoms with van der Waals surface area (Å²) in [5.74, 6) is 3.19. The van der Waals surface area contributed by atoms with E-state index in [4.69, 9.17) is 14.5 Å². The lowest BCUT2D eigenvalue weighted by atomic mass is 9.79. The van der Waals surface area contributed by atoms with Crippen LogP contribution >= 0.6 is 0 Å². The zero-order valence-electron chi connectivity index (χ0n) is 21.1. The number of para-hydroxylation sites is 2. The van der Waals surface area contributed by atoms with Gasteiger partial charge < -0.3 is 24.7 Å². The summed E-state index contributed by atoms with van der Waals surface area (Å²) in [5.41, 5.74) is 4.68. The predicted octanol–water partition coefficient (Wildman–Crippen LogP) is 3.47. The Kier molecular flexibility index (Phi) is 6.21. The first-order chi connectivity index (χ1) is 17.6. The molecule has 0 amide bonds. The van der Waals surface area contributed by atoms with Crippen molar-refractivity contribution in [3.63, 3.8) is 0 Å². The van der Waals surface area contributed by atoms with E-state index in [-0.39, 0.29) is 11.7 Å². The van der Waals surface area contributed by atoms with Gasteiger partial charge in [0.2, 0.25) is 0 Å². The van der Waals surface area contributed by atoms with Gasteiger partial charge in [0.1, 0.15) is 0 Å². The molecule has 3 aromatic rings. The molecule has 3 heterocycles. The van der Waals surface area contributed by atoms with Crippen LogP contribution < -0.4 is 20.5 Å². The van der Waals surface area contributed by atoms with E-state index in [0.29, 0.717) is 12.0 Å². The normalized spacial score (nSPS) is 23.4. The van der Waals surface area contributed by atoms with Crippen molar-refractivity contribution >= 4 is 16.9 Å². The maximum absolute atomic E-state index is 12.5. The molecule has 1 aliphatic carbocycles. The molecule has 0 bridgehead atoms. The smallest absolute Gasteiger partial charge is 0.326 e. The summed E-state index contributed by atoms with van der Waals surface area (Å²) < 4.78 is 13.0. The molecule has 2 fully saturated rings. The zero-order valence-corrected chi connectivity index (χ0v) is 21.1. The molecule has 8 nitrogen and oxygen atoms in total. The molecule has 2 atom stereocenters. The average Bonchev–Trinajstić information content (AvgIpc) is 3.48. The van der Waals surface area contributed by atoms with Gasteiger partial charge in [-0.3, -0.25) is 9.56 Å². The number of piperidine rings is 1. The first-order valence-electron chi connectivity index (χ1n) is 13.1. The highest BCUT2D eigenvalue weighted by Gasteiger charge is 2.37. The number of H-pyrrole nitrogens is 1. The molecule has 36 heavy (non-hydrogen) atoms. The number of rotatable bonds is 6. The lowest BCUT2D eigenvalue weighted by Crippen LogP contribution is -2.38. The molecule has 2 aliphatic heterocycles. The summed E-state index contributed by atoms with van der Waals surface area (Å²) in [7, 11) is 3.40. The molecule has 8 heteroatoms. The fraction of sp³-hybridized carbons (Fsp3) is 0.500. The van der Waals surface area contributed by atoms with Crippen molar-refractivity contribution in [1.82, 2.24) is 19.8 Å². The van der Waals surface area contributed by atoms with Gasteiger partial charge in [-0.2, -0.15) is 0 Å². The standard InChI is InChI=1S/C28H35N5O3/c1-35-25-15-18-7-8-22-21(20(18)16-26(25)36-2)17-27(30-22)29-11-14-32-12-9-19(10-13-32)33-24-6-4-3-5-23(24)31-28(33)34/h3-6,15-16,19,21-22H,7-14,17H2,1-2H3,(H,29,30)(H,31,34). The Hall–Kier alpha value is -3.26. The van der Waals surface area contributed by atoms with Crippen LogP contribution in [0.4, 0.5) is 0 Å². The Labute approximate surface area is 211 Å². The fourth-order valence-corrected chi connectivity index (χ4v) is 6.41. The van der Waals surface area contributed by atoms with E-state index in [9.17, 15) is 4.79 Å². The molecule has 2 N–H and O–H groups in total. The van der Waals surface area contributed by atoms with Crippen LogP contribution in [0, 0.1) is 0 Å². The lowest BCUT2D eigenvalue weighted by molar-refractivity contribution is 0.191. The number of ether oxygens (including phenoxy) is 2. The van der Waals surface area contributed by atoms with Crippen molar-refractivity contribution in [2.75, 3.05) is 40.4 Å². The maximum atomic E-state index is 12.5. The van der Waals surface area contributed by atoms with E-state index in [2.05, 4.69) is 27.3 Å². The Morgan fingerprint density at radius 3 is 2.64 bits per heavy atom.